The number of nitrogens with zero attached hydrogens (tertiary/aromatic N) is 6. The van der Waals surface area contributed by atoms with E-state index in [0.717, 1.165) is 77.2 Å². The summed E-state index contributed by atoms with van der Waals surface area (Å²) in [4.78, 5) is 17.1. The van der Waals surface area contributed by atoms with Crippen molar-refractivity contribution in [2.24, 2.45) is 0 Å². The highest BCUT2D eigenvalue weighted by Gasteiger charge is 2.17. The zero-order valence-electron chi connectivity index (χ0n) is 28.5. The third-order valence-electron chi connectivity index (χ3n) is 9.67. The van der Waals surface area contributed by atoms with Crippen LogP contribution in [0.2, 0.25) is 0 Å². The lowest BCUT2D eigenvalue weighted by molar-refractivity contribution is 0.766. The first-order chi connectivity index (χ1) is 26.2. The predicted octanol–water partition coefficient (Wildman–Crippen LogP) is 11.2. The van der Waals surface area contributed by atoms with E-state index < -0.39 is 0 Å². The van der Waals surface area contributed by atoms with E-state index in [4.69, 9.17) is 25.1 Å². The highest BCUT2D eigenvalue weighted by atomic mass is 15.5. The normalized spacial score (nSPS) is 11.4. The fourth-order valence-electron chi connectivity index (χ4n) is 7.04. The zero-order chi connectivity index (χ0) is 35.1. The molecule has 0 radical (unpaired) electrons. The summed E-state index contributed by atoms with van der Waals surface area (Å²) < 4.78 is 0. The Labute approximate surface area is 305 Å². The molecule has 0 unspecified atom stereocenters. The molecule has 0 atom stereocenters. The van der Waals surface area contributed by atoms with Crippen LogP contribution in [-0.2, 0) is 0 Å². The molecule has 2 aromatic heterocycles. The fourth-order valence-corrected chi connectivity index (χ4v) is 7.04. The average molecular weight is 679 g/mol. The molecule has 0 saturated carbocycles. The van der Waals surface area contributed by atoms with Gasteiger partial charge < -0.3 is 0 Å². The van der Waals surface area contributed by atoms with Gasteiger partial charge in [0.1, 0.15) is 11.0 Å². The fraction of sp³-hybridized carbons (Fsp3) is 0. The van der Waals surface area contributed by atoms with Crippen molar-refractivity contribution < 1.29 is 0 Å². The molecule has 10 aromatic rings. The van der Waals surface area contributed by atoms with E-state index in [0.29, 0.717) is 17.5 Å². The average Bonchev–Trinajstić information content (AvgIpc) is 3.69. The summed E-state index contributed by atoms with van der Waals surface area (Å²) in [5.41, 5.74) is 9.83. The van der Waals surface area contributed by atoms with Crippen molar-refractivity contribution in [1.82, 2.24) is 29.9 Å². The lowest BCUT2D eigenvalue weighted by Gasteiger charge is -2.13. The van der Waals surface area contributed by atoms with Crippen molar-refractivity contribution in [3.05, 3.63) is 182 Å². The minimum atomic E-state index is 0.607. The topological polar surface area (TPSA) is 69.4 Å². The summed E-state index contributed by atoms with van der Waals surface area (Å²) in [5, 5.41) is 14.1. The third-order valence-corrected chi connectivity index (χ3v) is 9.67. The van der Waals surface area contributed by atoms with E-state index in [-0.39, 0.29) is 0 Å². The summed E-state index contributed by atoms with van der Waals surface area (Å²) >= 11 is 0. The Kier molecular flexibility index (Phi) is 7.36. The van der Waals surface area contributed by atoms with Crippen molar-refractivity contribution in [3.63, 3.8) is 0 Å². The molecular weight excluding hydrogens is 649 g/mol. The van der Waals surface area contributed by atoms with Crippen LogP contribution in [0.5, 0.6) is 0 Å². The van der Waals surface area contributed by atoms with Crippen molar-refractivity contribution >= 4 is 32.6 Å². The molecule has 0 fully saturated rings. The monoisotopic (exact) mass is 678 g/mol. The molecule has 10 rings (SSSR count). The highest BCUT2D eigenvalue weighted by Crippen LogP contribution is 2.36. The van der Waals surface area contributed by atoms with E-state index in [1.165, 1.54) is 0 Å². The Morgan fingerprint density at radius 3 is 1.49 bits per heavy atom. The van der Waals surface area contributed by atoms with Crippen molar-refractivity contribution in [3.8, 4) is 62.1 Å². The molecule has 0 spiro atoms. The van der Waals surface area contributed by atoms with Gasteiger partial charge in [0.2, 0.25) is 0 Å². The van der Waals surface area contributed by atoms with Crippen LogP contribution < -0.4 is 0 Å². The molecule has 2 heterocycles. The van der Waals surface area contributed by atoms with Gasteiger partial charge in [0.05, 0.1) is 5.69 Å². The van der Waals surface area contributed by atoms with Gasteiger partial charge in [-0.25, -0.2) is 15.0 Å². The molecule has 0 amide bonds. The molecule has 0 aliphatic heterocycles. The summed E-state index contributed by atoms with van der Waals surface area (Å²) in [6.07, 6.45) is 0. The van der Waals surface area contributed by atoms with E-state index in [1.807, 2.05) is 78.9 Å². The predicted molar refractivity (Wildman–Crippen MR) is 214 cm³/mol. The minimum Gasteiger partial charge on any atom is -0.208 e. The molecule has 8 aromatic carbocycles. The Morgan fingerprint density at radius 2 is 0.849 bits per heavy atom. The van der Waals surface area contributed by atoms with Crippen LogP contribution in [0.15, 0.2) is 182 Å². The van der Waals surface area contributed by atoms with Gasteiger partial charge >= 0.3 is 0 Å². The summed E-state index contributed by atoms with van der Waals surface area (Å²) in [5.74, 6) is 1.84. The number of rotatable bonds is 6. The molecule has 6 nitrogen and oxygen atoms in total. The Bertz CT molecular complexity index is 2870. The summed E-state index contributed by atoms with van der Waals surface area (Å²) in [6.45, 7) is 0. The molecule has 0 aliphatic rings. The SMILES string of the molecule is c1ccc(-c2cc(-c3ccccc3)cc(-c3nc(-c4ccccc4)nc(-c4ccc5c(ccc6ccc7nn(-c8ccccc8)nc7c65)c4)n3)c2)cc1. The molecule has 0 saturated heterocycles. The van der Waals surface area contributed by atoms with Crippen LogP contribution in [0.3, 0.4) is 0 Å². The van der Waals surface area contributed by atoms with Gasteiger partial charge in [0.15, 0.2) is 17.5 Å². The van der Waals surface area contributed by atoms with Crippen LogP contribution in [0.25, 0.3) is 94.7 Å². The Morgan fingerprint density at radius 1 is 0.340 bits per heavy atom. The van der Waals surface area contributed by atoms with Crippen molar-refractivity contribution in [2.75, 3.05) is 0 Å². The lowest BCUT2D eigenvalue weighted by atomic mass is 9.95. The van der Waals surface area contributed by atoms with Gasteiger partial charge in [-0.3, -0.25) is 0 Å². The van der Waals surface area contributed by atoms with Gasteiger partial charge in [-0.05, 0) is 80.9 Å². The van der Waals surface area contributed by atoms with Crippen molar-refractivity contribution in [2.45, 2.75) is 0 Å². The highest BCUT2D eigenvalue weighted by molar-refractivity contribution is 6.18. The quantitative estimate of drug-likeness (QED) is 0.164. The number of hydrogen-bond acceptors (Lipinski definition) is 5. The number of para-hydroxylation sites is 1. The standard InChI is InChI=1S/C47H30N6/c1-5-13-31(14-6-1)37-28-38(32-15-7-2-8-16-32)30-39(29-37)47-49-45(34-17-9-3-10-18-34)48-46(50-47)36-23-25-41-35(27-36)22-21-33-24-26-42-44(43(33)41)52-53(51-42)40-19-11-4-12-20-40/h1-30H. The molecule has 0 bridgehead atoms. The summed E-state index contributed by atoms with van der Waals surface area (Å²) in [6, 6.07) is 62.5. The maximum atomic E-state index is 5.18. The number of benzene rings is 8. The van der Waals surface area contributed by atoms with Crippen LogP contribution in [0.4, 0.5) is 0 Å². The first kappa shape index (κ1) is 30.5. The van der Waals surface area contributed by atoms with Crippen LogP contribution >= 0.6 is 0 Å². The summed E-state index contributed by atoms with van der Waals surface area (Å²) in [7, 11) is 0. The van der Waals surface area contributed by atoms with Gasteiger partial charge in [0, 0.05) is 22.1 Å². The molecular formula is C47H30N6. The zero-order valence-corrected chi connectivity index (χ0v) is 28.5. The second-order valence-electron chi connectivity index (χ2n) is 13.1. The maximum Gasteiger partial charge on any atom is 0.164 e. The Balaban J connectivity index is 1.15. The first-order valence-electron chi connectivity index (χ1n) is 17.6. The van der Waals surface area contributed by atoms with Gasteiger partial charge in [-0.15, -0.1) is 10.2 Å². The molecule has 0 N–H and O–H groups in total. The molecule has 53 heavy (non-hydrogen) atoms. The van der Waals surface area contributed by atoms with E-state index >= 15 is 0 Å². The van der Waals surface area contributed by atoms with Crippen LogP contribution in [0.1, 0.15) is 0 Å². The molecule has 248 valence electrons. The van der Waals surface area contributed by atoms with Crippen molar-refractivity contribution in [1.29, 1.82) is 0 Å². The van der Waals surface area contributed by atoms with E-state index in [9.17, 15) is 0 Å². The van der Waals surface area contributed by atoms with E-state index in [1.54, 1.807) is 4.80 Å². The minimum absolute atomic E-state index is 0.607. The van der Waals surface area contributed by atoms with Gasteiger partial charge in [-0.1, -0.05) is 140 Å². The van der Waals surface area contributed by atoms with Crippen LogP contribution in [-0.4, -0.2) is 29.9 Å². The lowest BCUT2D eigenvalue weighted by Crippen LogP contribution is -2.00. The number of hydrogen-bond donors (Lipinski definition) is 0. The largest absolute Gasteiger partial charge is 0.208 e. The van der Waals surface area contributed by atoms with Gasteiger partial charge in [-0.2, -0.15) is 4.80 Å². The Hall–Kier alpha value is -7.31. The second-order valence-corrected chi connectivity index (χ2v) is 13.1. The van der Waals surface area contributed by atoms with Crippen LogP contribution in [0, 0.1) is 0 Å². The molecule has 0 aliphatic carbocycles. The third kappa shape index (κ3) is 5.69. The maximum absolute atomic E-state index is 5.18. The number of fused-ring (bicyclic) bond motifs is 5. The number of aromatic nitrogens is 6. The first-order valence-corrected chi connectivity index (χ1v) is 17.6. The van der Waals surface area contributed by atoms with Gasteiger partial charge in [0.25, 0.3) is 0 Å². The second kappa shape index (κ2) is 12.8. The smallest absolute Gasteiger partial charge is 0.164 e. The van der Waals surface area contributed by atoms with E-state index in [2.05, 4.69) is 103 Å². The molecule has 6 heteroatoms.